The zero-order chi connectivity index (χ0) is 21.0. The molecule has 1 saturated heterocycles. The van der Waals surface area contributed by atoms with Gasteiger partial charge in [-0.1, -0.05) is 42.5 Å². The molecule has 1 heterocycles. The number of hydrogen-bond donors (Lipinski definition) is 1. The highest BCUT2D eigenvalue weighted by Gasteiger charge is 2.36. The molecular weight excluding hydrogens is 368 g/mol. The molecule has 2 aromatic carbocycles. The second kappa shape index (κ2) is 8.90. The summed E-state index contributed by atoms with van der Waals surface area (Å²) in [6, 6.07) is 15.4. The van der Waals surface area contributed by atoms with Crippen LogP contribution in [0.4, 0.5) is 5.69 Å². The van der Waals surface area contributed by atoms with Crippen LogP contribution in [-0.2, 0) is 25.7 Å². The molecular formula is C23H26N2O4. The van der Waals surface area contributed by atoms with Crippen LogP contribution in [0.5, 0.6) is 0 Å². The van der Waals surface area contributed by atoms with Crippen LogP contribution < -0.4 is 5.32 Å². The van der Waals surface area contributed by atoms with Gasteiger partial charge in [0.05, 0.1) is 5.92 Å². The smallest absolute Gasteiger partial charge is 0.312 e. The summed E-state index contributed by atoms with van der Waals surface area (Å²) in [7, 11) is 0. The van der Waals surface area contributed by atoms with Gasteiger partial charge in [0.2, 0.25) is 5.91 Å². The second-order valence-electron chi connectivity index (χ2n) is 7.55. The van der Waals surface area contributed by atoms with Crippen molar-refractivity contribution in [2.45, 2.75) is 39.8 Å². The Bertz CT molecular complexity index is 910. The molecule has 0 saturated carbocycles. The van der Waals surface area contributed by atoms with Gasteiger partial charge in [-0.2, -0.15) is 0 Å². The lowest BCUT2D eigenvalue weighted by atomic mass is 10.1. The first-order chi connectivity index (χ1) is 13.8. The third-order valence-corrected chi connectivity index (χ3v) is 5.08. The molecule has 2 amide bonds. The molecule has 29 heavy (non-hydrogen) atoms. The molecule has 0 bridgehead atoms. The van der Waals surface area contributed by atoms with Crippen molar-refractivity contribution < 1.29 is 19.1 Å². The average Bonchev–Trinajstić information content (AvgIpc) is 3.06. The van der Waals surface area contributed by atoms with E-state index in [0.717, 1.165) is 16.7 Å². The zero-order valence-electron chi connectivity index (χ0n) is 17.0. The van der Waals surface area contributed by atoms with Crippen LogP contribution in [0.25, 0.3) is 0 Å². The lowest BCUT2D eigenvalue weighted by Crippen LogP contribution is -2.33. The van der Waals surface area contributed by atoms with Crippen LogP contribution >= 0.6 is 0 Å². The number of carbonyl (C=O) groups excluding carboxylic acids is 3. The minimum absolute atomic E-state index is 0.0803. The van der Waals surface area contributed by atoms with Crippen LogP contribution in [0, 0.1) is 19.8 Å². The number of benzene rings is 2. The number of amides is 2. The number of nitrogens with one attached hydrogen (secondary N) is 1. The molecule has 0 radical (unpaired) electrons. The van der Waals surface area contributed by atoms with E-state index >= 15 is 0 Å². The lowest BCUT2D eigenvalue weighted by Gasteiger charge is -2.18. The molecule has 6 nitrogen and oxygen atoms in total. The van der Waals surface area contributed by atoms with E-state index in [0.29, 0.717) is 18.8 Å². The molecule has 1 aliphatic rings. The molecule has 0 unspecified atom stereocenters. The SMILES string of the molecule is Cc1ccc(C)c(NC(=O)[C@@H](C)OC(=O)[C@@H]2CC(=O)N(Cc3ccccc3)C2)c1. The lowest BCUT2D eigenvalue weighted by molar-refractivity contribution is -0.157. The van der Waals surface area contributed by atoms with E-state index in [9.17, 15) is 14.4 Å². The summed E-state index contributed by atoms with van der Waals surface area (Å²) in [5.41, 5.74) is 3.66. The minimum Gasteiger partial charge on any atom is -0.452 e. The molecule has 0 aromatic heterocycles. The monoisotopic (exact) mass is 394 g/mol. The van der Waals surface area contributed by atoms with E-state index in [4.69, 9.17) is 4.74 Å². The largest absolute Gasteiger partial charge is 0.452 e. The van der Waals surface area contributed by atoms with Crippen LogP contribution in [0.3, 0.4) is 0 Å². The van der Waals surface area contributed by atoms with Gasteiger partial charge in [0.1, 0.15) is 0 Å². The van der Waals surface area contributed by atoms with Crippen molar-refractivity contribution in [3.05, 3.63) is 65.2 Å². The maximum Gasteiger partial charge on any atom is 0.312 e. The number of rotatable bonds is 6. The second-order valence-corrected chi connectivity index (χ2v) is 7.55. The number of carbonyl (C=O) groups is 3. The Balaban J connectivity index is 1.54. The van der Waals surface area contributed by atoms with E-state index in [1.54, 1.807) is 4.90 Å². The van der Waals surface area contributed by atoms with E-state index in [1.165, 1.54) is 6.92 Å². The quantitative estimate of drug-likeness (QED) is 0.764. The summed E-state index contributed by atoms with van der Waals surface area (Å²) >= 11 is 0. The first-order valence-corrected chi connectivity index (χ1v) is 9.74. The van der Waals surface area contributed by atoms with Gasteiger partial charge >= 0.3 is 5.97 Å². The van der Waals surface area contributed by atoms with Gasteiger partial charge in [-0.25, -0.2) is 0 Å². The predicted molar refractivity (Wildman–Crippen MR) is 110 cm³/mol. The van der Waals surface area contributed by atoms with Crippen molar-refractivity contribution in [2.75, 3.05) is 11.9 Å². The minimum atomic E-state index is -0.944. The Morgan fingerprint density at radius 3 is 2.62 bits per heavy atom. The molecule has 3 rings (SSSR count). The van der Waals surface area contributed by atoms with Crippen molar-refractivity contribution in [1.29, 1.82) is 0 Å². The maximum atomic E-state index is 12.5. The Kier molecular flexibility index (Phi) is 6.32. The Hall–Kier alpha value is -3.15. The van der Waals surface area contributed by atoms with E-state index < -0.39 is 23.9 Å². The van der Waals surface area contributed by atoms with Gasteiger partial charge in [-0.05, 0) is 43.5 Å². The number of likely N-dealkylation sites (tertiary alicyclic amines) is 1. The van der Waals surface area contributed by atoms with Crippen LogP contribution in [-0.4, -0.2) is 35.3 Å². The third kappa shape index (κ3) is 5.22. The van der Waals surface area contributed by atoms with Gasteiger partial charge in [-0.15, -0.1) is 0 Å². The highest BCUT2D eigenvalue weighted by Crippen LogP contribution is 2.22. The van der Waals surface area contributed by atoms with E-state index in [-0.39, 0.29) is 12.3 Å². The maximum absolute atomic E-state index is 12.5. The number of aryl methyl sites for hydroxylation is 2. The fraction of sp³-hybridized carbons (Fsp3) is 0.348. The summed E-state index contributed by atoms with van der Waals surface area (Å²) in [5.74, 6) is -1.54. The van der Waals surface area contributed by atoms with Crippen molar-refractivity contribution in [1.82, 2.24) is 4.90 Å². The highest BCUT2D eigenvalue weighted by atomic mass is 16.5. The Morgan fingerprint density at radius 1 is 1.17 bits per heavy atom. The van der Waals surface area contributed by atoms with Crippen LogP contribution in [0.2, 0.25) is 0 Å². The number of esters is 1. The standard InChI is InChI=1S/C23H26N2O4/c1-15-9-10-16(2)20(11-15)24-22(27)17(3)29-23(28)19-12-21(26)25(14-19)13-18-7-5-4-6-8-18/h4-11,17,19H,12-14H2,1-3H3,(H,24,27)/t17-,19-/m1/s1. The van der Waals surface area contributed by atoms with Gasteiger partial charge in [0.25, 0.3) is 5.91 Å². The molecule has 0 spiro atoms. The van der Waals surface area contributed by atoms with Gasteiger partial charge < -0.3 is 15.0 Å². The number of nitrogens with zero attached hydrogens (tertiary/aromatic N) is 1. The summed E-state index contributed by atoms with van der Waals surface area (Å²) in [6.07, 6.45) is -0.836. The van der Waals surface area contributed by atoms with Gasteiger partial charge in [0.15, 0.2) is 6.10 Å². The molecule has 2 aromatic rings. The van der Waals surface area contributed by atoms with Crippen molar-refractivity contribution in [3.63, 3.8) is 0 Å². The van der Waals surface area contributed by atoms with Gasteiger partial charge in [0, 0.05) is 25.2 Å². The highest BCUT2D eigenvalue weighted by molar-refractivity contribution is 5.96. The number of anilines is 1. The summed E-state index contributed by atoms with van der Waals surface area (Å²) in [5, 5.41) is 2.80. The first kappa shape index (κ1) is 20.6. The molecule has 1 N–H and O–H groups in total. The van der Waals surface area contributed by atoms with Crippen molar-refractivity contribution in [3.8, 4) is 0 Å². The number of ether oxygens (including phenoxy) is 1. The summed E-state index contributed by atoms with van der Waals surface area (Å²) in [6.45, 7) is 6.15. The summed E-state index contributed by atoms with van der Waals surface area (Å²) < 4.78 is 5.36. The van der Waals surface area contributed by atoms with Crippen molar-refractivity contribution in [2.24, 2.45) is 5.92 Å². The van der Waals surface area contributed by atoms with E-state index in [2.05, 4.69) is 5.32 Å². The molecule has 0 aliphatic carbocycles. The Labute approximate surface area is 170 Å². The molecule has 1 fully saturated rings. The molecule has 2 atom stereocenters. The molecule has 6 heteroatoms. The van der Waals surface area contributed by atoms with Crippen LogP contribution in [0.1, 0.15) is 30.0 Å². The average molecular weight is 394 g/mol. The third-order valence-electron chi connectivity index (χ3n) is 5.08. The normalized spacial score (nSPS) is 17.1. The van der Waals surface area contributed by atoms with Crippen LogP contribution in [0.15, 0.2) is 48.5 Å². The fourth-order valence-corrected chi connectivity index (χ4v) is 3.32. The predicted octanol–water partition coefficient (Wildman–Crippen LogP) is 3.22. The number of hydrogen-bond acceptors (Lipinski definition) is 4. The van der Waals surface area contributed by atoms with Gasteiger partial charge in [-0.3, -0.25) is 14.4 Å². The van der Waals surface area contributed by atoms with E-state index in [1.807, 2.05) is 62.4 Å². The Morgan fingerprint density at radius 2 is 1.90 bits per heavy atom. The first-order valence-electron chi connectivity index (χ1n) is 9.74. The fourth-order valence-electron chi connectivity index (χ4n) is 3.32. The zero-order valence-corrected chi connectivity index (χ0v) is 17.0. The topological polar surface area (TPSA) is 75.7 Å². The molecule has 1 aliphatic heterocycles. The molecule has 152 valence electrons. The van der Waals surface area contributed by atoms with Crippen molar-refractivity contribution >= 4 is 23.5 Å². The summed E-state index contributed by atoms with van der Waals surface area (Å²) in [4.78, 5) is 38.8.